The van der Waals surface area contributed by atoms with E-state index in [0.717, 1.165) is 39.9 Å². The molecular weight excluding hydrogens is 438 g/mol. The maximum absolute atomic E-state index is 11.9. The quantitative estimate of drug-likeness (QED) is 0.212. The van der Waals surface area contributed by atoms with Gasteiger partial charge in [-0.15, -0.1) is 0 Å². The number of aromatic hydroxyl groups is 1. The molecule has 0 saturated heterocycles. The van der Waals surface area contributed by atoms with Gasteiger partial charge in [0.15, 0.2) is 0 Å². The molecule has 4 aromatic rings. The third-order valence-electron chi connectivity index (χ3n) is 7.85. The number of hydrogen-bond donors (Lipinski definition) is 1. The molecule has 0 radical (unpaired) electrons. The fraction of sp³-hybridized carbons (Fsp3) is 0.265. The van der Waals surface area contributed by atoms with E-state index in [1.165, 1.54) is 32.1 Å². The summed E-state index contributed by atoms with van der Waals surface area (Å²) in [6.07, 6.45) is 8.40. The molecule has 0 heterocycles. The second-order valence-electron chi connectivity index (χ2n) is 10.1. The second kappa shape index (κ2) is 11.0. The predicted octanol–water partition coefficient (Wildman–Crippen LogP) is 8.41. The van der Waals surface area contributed by atoms with E-state index in [4.69, 9.17) is 4.99 Å². The molecule has 1 aliphatic rings. The van der Waals surface area contributed by atoms with Crippen LogP contribution in [0.4, 0.5) is 0 Å². The SMILES string of the molecule is CC(c1ccccc1)(c1ccccc1)c1ccc(-c2ccccc2)c(C=NCC2CCCCC2)c1O. The molecule has 2 heteroatoms. The average Bonchev–Trinajstić information content (AvgIpc) is 2.95. The molecule has 2 nitrogen and oxygen atoms in total. The summed E-state index contributed by atoms with van der Waals surface area (Å²) in [5.74, 6) is 0.957. The lowest BCUT2D eigenvalue weighted by Crippen LogP contribution is -2.25. The molecule has 36 heavy (non-hydrogen) atoms. The number of phenolic OH excluding ortho intramolecular Hbond substituents is 1. The van der Waals surface area contributed by atoms with Crippen molar-refractivity contribution in [3.05, 3.63) is 125 Å². The second-order valence-corrected chi connectivity index (χ2v) is 10.1. The van der Waals surface area contributed by atoms with Gasteiger partial charge in [0.25, 0.3) is 0 Å². The van der Waals surface area contributed by atoms with E-state index >= 15 is 0 Å². The fourth-order valence-corrected chi connectivity index (χ4v) is 5.70. The Labute approximate surface area is 215 Å². The lowest BCUT2D eigenvalue weighted by atomic mass is 9.70. The van der Waals surface area contributed by atoms with Gasteiger partial charge in [-0.3, -0.25) is 4.99 Å². The van der Waals surface area contributed by atoms with Crippen molar-refractivity contribution < 1.29 is 5.11 Å². The Morgan fingerprint density at radius 3 is 1.89 bits per heavy atom. The van der Waals surface area contributed by atoms with Crippen LogP contribution in [0.25, 0.3) is 11.1 Å². The number of nitrogens with zero attached hydrogens (tertiary/aromatic N) is 1. The number of benzene rings is 4. The summed E-state index contributed by atoms with van der Waals surface area (Å²) < 4.78 is 0. The van der Waals surface area contributed by atoms with Crippen LogP contribution < -0.4 is 0 Å². The van der Waals surface area contributed by atoms with Crippen molar-refractivity contribution in [3.8, 4) is 16.9 Å². The van der Waals surface area contributed by atoms with Crippen LogP contribution in [0.1, 0.15) is 61.3 Å². The summed E-state index contributed by atoms with van der Waals surface area (Å²) in [6, 6.07) is 35.5. The van der Waals surface area contributed by atoms with Crippen molar-refractivity contribution in [2.45, 2.75) is 44.4 Å². The molecular formula is C34H35NO. The van der Waals surface area contributed by atoms with Crippen molar-refractivity contribution in [3.63, 3.8) is 0 Å². The monoisotopic (exact) mass is 473 g/mol. The third kappa shape index (κ3) is 4.86. The van der Waals surface area contributed by atoms with E-state index in [-0.39, 0.29) is 0 Å². The Kier molecular flexibility index (Phi) is 7.32. The highest BCUT2D eigenvalue weighted by Crippen LogP contribution is 2.45. The highest BCUT2D eigenvalue weighted by Gasteiger charge is 2.34. The minimum Gasteiger partial charge on any atom is -0.507 e. The first kappa shape index (κ1) is 24.1. The van der Waals surface area contributed by atoms with Crippen LogP contribution in [0.15, 0.2) is 108 Å². The molecule has 0 unspecified atom stereocenters. The molecule has 0 aliphatic heterocycles. The number of rotatable bonds is 7. The molecule has 0 bridgehead atoms. The Balaban J connectivity index is 1.65. The molecule has 0 atom stereocenters. The molecule has 1 N–H and O–H groups in total. The standard InChI is InChI=1S/C34H35NO/c1-34(28-18-10-4-11-19-28,29-20-12-5-13-21-29)32-23-22-30(27-16-8-3-9-17-27)31(33(32)36)25-35-24-26-14-6-2-7-15-26/h3-5,8-13,16-23,25-26,36H,2,6-7,14-15,24H2,1H3. The smallest absolute Gasteiger partial charge is 0.129 e. The number of aliphatic imine (C=N–C) groups is 1. The Morgan fingerprint density at radius 2 is 1.31 bits per heavy atom. The van der Waals surface area contributed by atoms with E-state index in [0.29, 0.717) is 11.7 Å². The van der Waals surface area contributed by atoms with Gasteiger partial charge in [0.05, 0.1) is 0 Å². The Morgan fingerprint density at radius 1 is 0.750 bits per heavy atom. The maximum Gasteiger partial charge on any atom is 0.129 e. The van der Waals surface area contributed by atoms with Crippen LogP contribution in [0, 0.1) is 5.92 Å². The minimum atomic E-state index is -0.520. The van der Waals surface area contributed by atoms with Crippen molar-refractivity contribution in [2.75, 3.05) is 6.54 Å². The van der Waals surface area contributed by atoms with Gasteiger partial charge >= 0.3 is 0 Å². The van der Waals surface area contributed by atoms with Crippen LogP contribution in [0.5, 0.6) is 5.75 Å². The lowest BCUT2D eigenvalue weighted by Gasteiger charge is -2.33. The average molecular weight is 474 g/mol. The number of phenols is 1. The lowest BCUT2D eigenvalue weighted by molar-refractivity contribution is 0.367. The first-order chi connectivity index (χ1) is 17.7. The van der Waals surface area contributed by atoms with Gasteiger partial charge in [0.1, 0.15) is 5.75 Å². The molecule has 1 aliphatic carbocycles. The Bertz CT molecular complexity index is 1250. The van der Waals surface area contributed by atoms with Crippen molar-refractivity contribution >= 4 is 6.21 Å². The normalized spacial score (nSPS) is 14.8. The van der Waals surface area contributed by atoms with Crippen LogP contribution >= 0.6 is 0 Å². The van der Waals surface area contributed by atoms with E-state index in [2.05, 4.69) is 79.7 Å². The van der Waals surface area contributed by atoms with Gasteiger partial charge in [0.2, 0.25) is 0 Å². The van der Waals surface area contributed by atoms with Gasteiger partial charge in [-0.05, 0) is 47.9 Å². The fourth-order valence-electron chi connectivity index (χ4n) is 5.70. The van der Waals surface area contributed by atoms with Gasteiger partial charge < -0.3 is 5.11 Å². The van der Waals surface area contributed by atoms with Gasteiger partial charge in [-0.25, -0.2) is 0 Å². The first-order valence-corrected chi connectivity index (χ1v) is 13.2. The van der Waals surface area contributed by atoms with Crippen LogP contribution in [-0.4, -0.2) is 17.9 Å². The molecule has 1 saturated carbocycles. The largest absolute Gasteiger partial charge is 0.507 e. The van der Waals surface area contributed by atoms with E-state index < -0.39 is 5.41 Å². The van der Waals surface area contributed by atoms with Crippen LogP contribution in [-0.2, 0) is 5.41 Å². The van der Waals surface area contributed by atoms with Gasteiger partial charge in [-0.2, -0.15) is 0 Å². The minimum absolute atomic E-state index is 0.305. The zero-order valence-corrected chi connectivity index (χ0v) is 21.1. The van der Waals surface area contributed by atoms with Crippen molar-refractivity contribution in [2.24, 2.45) is 10.9 Å². The molecule has 1 fully saturated rings. The van der Waals surface area contributed by atoms with Gasteiger partial charge in [0, 0.05) is 29.3 Å². The molecule has 0 amide bonds. The van der Waals surface area contributed by atoms with Crippen LogP contribution in [0.2, 0.25) is 0 Å². The zero-order chi connectivity index (χ0) is 24.8. The summed E-state index contributed by atoms with van der Waals surface area (Å²) in [5.41, 5.74) is 5.54. The molecule has 5 rings (SSSR count). The Hall–Kier alpha value is -3.65. The highest BCUT2D eigenvalue weighted by molar-refractivity contribution is 5.94. The third-order valence-corrected chi connectivity index (χ3v) is 7.85. The van der Waals surface area contributed by atoms with E-state index in [1.807, 2.05) is 36.5 Å². The first-order valence-electron chi connectivity index (χ1n) is 13.2. The summed E-state index contributed by atoms with van der Waals surface area (Å²) in [6.45, 7) is 3.03. The summed E-state index contributed by atoms with van der Waals surface area (Å²) >= 11 is 0. The van der Waals surface area contributed by atoms with E-state index in [1.54, 1.807) is 0 Å². The summed E-state index contributed by atoms with van der Waals surface area (Å²) in [4.78, 5) is 4.90. The molecule has 182 valence electrons. The van der Waals surface area contributed by atoms with E-state index in [9.17, 15) is 5.11 Å². The molecule has 4 aromatic carbocycles. The molecule has 0 spiro atoms. The maximum atomic E-state index is 11.9. The molecule has 0 aromatic heterocycles. The van der Waals surface area contributed by atoms with Gasteiger partial charge in [-0.1, -0.05) is 122 Å². The topological polar surface area (TPSA) is 32.6 Å². The summed E-state index contributed by atoms with van der Waals surface area (Å²) in [5, 5.41) is 11.9. The zero-order valence-electron chi connectivity index (χ0n) is 21.1. The highest BCUT2D eigenvalue weighted by atomic mass is 16.3. The van der Waals surface area contributed by atoms with Crippen molar-refractivity contribution in [1.82, 2.24) is 0 Å². The van der Waals surface area contributed by atoms with Crippen LogP contribution in [0.3, 0.4) is 0 Å². The predicted molar refractivity (Wildman–Crippen MR) is 151 cm³/mol. The summed E-state index contributed by atoms with van der Waals surface area (Å²) in [7, 11) is 0. The van der Waals surface area contributed by atoms with Crippen molar-refractivity contribution in [1.29, 1.82) is 0 Å². The number of hydrogen-bond acceptors (Lipinski definition) is 2.